The fourth-order valence-corrected chi connectivity index (χ4v) is 5.06. The molecule has 0 saturated heterocycles. The second kappa shape index (κ2) is 8.67. The molecule has 2 aromatic carbocycles. The molecular weight excluding hydrogens is 404 g/mol. The highest BCUT2D eigenvalue weighted by Crippen LogP contribution is 2.38. The molecule has 31 heavy (non-hydrogen) atoms. The molecule has 0 aliphatic carbocycles. The summed E-state index contributed by atoms with van der Waals surface area (Å²) in [5.74, 6) is -0.143. The Kier molecular flexibility index (Phi) is 5.96. The Balaban J connectivity index is 1.64. The maximum atomic E-state index is 13.6. The standard InChI is InChI=1S/C26H28N2O2S/c1-26(2,3)28(25(30)20-12-8-5-9-13-20)18-23(29)27-16-14-22-21(15-17-31-22)24(27)19-10-6-4-7-11-19/h4-13,15,17,24H,14,16,18H2,1-3H3. The van der Waals surface area contributed by atoms with Gasteiger partial charge in [0.25, 0.3) is 5.91 Å². The van der Waals surface area contributed by atoms with Gasteiger partial charge in [-0.1, -0.05) is 48.5 Å². The number of thiophene rings is 1. The van der Waals surface area contributed by atoms with Crippen LogP contribution in [0.1, 0.15) is 53.2 Å². The zero-order valence-electron chi connectivity index (χ0n) is 18.2. The topological polar surface area (TPSA) is 40.6 Å². The zero-order valence-corrected chi connectivity index (χ0v) is 19.1. The third kappa shape index (κ3) is 4.42. The predicted octanol–water partition coefficient (Wildman–Crippen LogP) is 5.16. The minimum absolute atomic E-state index is 0.0232. The summed E-state index contributed by atoms with van der Waals surface area (Å²) in [5.41, 5.74) is 2.43. The Morgan fingerprint density at radius 1 is 1.00 bits per heavy atom. The minimum Gasteiger partial charge on any atom is -0.330 e. The summed E-state index contributed by atoms with van der Waals surface area (Å²) < 4.78 is 0. The number of fused-ring (bicyclic) bond motifs is 1. The van der Waals surface area contributed by atoms with Gasteiger partial charge in [0.05, 0.1) is 6.04 Å². The SMILES string of the molecule is CC(C)(C)N(CC(=O)N1CCc2sccc2C1c1ccccc1)C(=O)c1ccccc1. The van der Waals surface area contributed by atoms with Crippen molar-refractivity contribution < 1.29 is 9.59 Å². The molecule has 1 unspecified atom stereocenters. The van der Waals surface area contributed by atoms with E-state index < -0.39 is 5.54 Å². The number of rotatable bonds is 4. The van der Waals surface area contributed by atoms with Gasteiger partial charge in [-0.2, -0.15) is 0 Å². The third-order valence-electron chi connectivity index (χ3n) is 5.77. The molecule has 5 heteroatoms. The lowest BCUT2D eigenvalue weighted by molar-refractivity contribution is -0.135. The quantitative estimate of drug-likeness (QED) is 0.571. The second-order valence-electron chi connectivity index (χ2n) is 8.88. The summed E-state index contributed by atoms with van der Waals surface area (Å²) in [4.78, 5) is 31.9. The van der Waals surface area contributed by atoms with Crippen LogP contribution in [0.4, 0.5) is 0 Å². The van der Waals surface area contributed by atoms with Crippen molar-refractivity contribution >= 4 is 23.2 Å². The van der Waals surface area contributed by atoms with Gasteiger partial charge in [0, 0.05) is 22.5 Å². The van der Waals surface area contributed by atoms with E-state index in [4.69, 9.17) is 0 Å². The number of carbonyl (C=O) groups is 2. The molecule has 0 N–H and O–H groups in total. The molecule has 1 aliphatic heterocycles. The molecule has 0 saturated carbocycles. The Hall–Kier alpha value is -2.92. The van der Waals surface area contributed by atoms with E-state index in [0.717, 1.165) is 12.0 Å². The number of carbonyl (C=O) groups excluding carboxylic acids is 2. The average molecular weight is 433 g/mol. The van der Waals surface area contributed by atoms with E-state index in [9.17, 15) is 9.59 Å². The molecule has 2 amide bonds. The highest BCUT2D eigenvalue weighted by atomic mass is 32.1. The molecular formula is C26H28N2O2S. The van der Waals surface area contributed by atoms with Gasteiger partial charge in [0.15, 0.2) is 0 Å². The van der Waals surface area contributed by atoms with Gasteiger partial charge in [-0.05, 0) is 61.9 Å². The van der Waals surface area contributed by atoms with Crippen LogP contribution in [0.25, 0.3) is 0 Å². The normalized spacial score (nSPS) is 16.0. The van der Waals surface area contributed by atoms with Crippen molar-refractivity contribution in [3.05, 3.63) is 93.7 Å². The predicted molar refractivity (Wildman–Crippen MR) is 125 cm³/mol. The molecule has 2 heterocycles. The lowest BCUT2D eigenvalue weighted by atomic mass is 9.93. The van der Waals surface area contributed by atoms with Crippen molar-refractivity contribution in [2.75, 3.05) is 13.1 Å². The lowest BCUT2D eigenvalue weighted by Gasteiger charge is -2.40. The number of nitrogens with zero attached hydrogens (tertiary/aromatic N) is 2. The third-order valence-corrected chi connectivity index (χ3v) is 6.77. The van der Waals surface area contributed by atoms with Crippen LogP contribution in [0.3, 0.4) is 0 Å². The minimum atomic E-state index is -0.478. The van der Waals surface area contributed by atoms with Crippen LogP contribution < -0.4 is 0 Å². The van der Waals surface area contributed by atoms with Crippen molar-refractivity contribution in [2.45, 2.75) is 38.8 Å². The summed E-state index contributed by atoms with van der Waals surface area (Å²) in [6, 6.07) is 21.4. The first-order valence-corrected chi connectivity index (χ1v) is 11.5. The zero-order chi connectivity index (χ0) is 22.0. The summed E-state index contributed by atoms with van der Waals surface area (Å²) >= 11 is 1.76. The van der Waals surface area contributed by atoms with Crippen LogP contribution in [-0.4, -0.2) is 40.2 Å². The van der Waals surface area contributed by atoms with Gasteiger partial charge in [0.2, 0.25) is 5.91 Å². The van der Waals surface area contributed by atoms with Crippen molar-refractivity contribution in [3.8, 4) is 0 Å². The van der Waals surface area contributed by atoms with Gasteiger partial charge in [-0.15, -0.1) is 11.3 Å². The molecule has 0 bridgehead atoms. The number of hydrogen-bond donors (Lipinski definition) is 0. The van der Waals surface area contributed by atoms with E-state index in [-0.39, 0.29) is 24.4 Å². The van der Waals surface area contributed by atoms with Gasteiger partial charge in [-0.25, -0.2) is 0 Å². The summed E-state index contributed by atoms with van der Waals surface area (Å²) in [7, 11) is 0. The van der Waals surface area contributed by atoms with E-state index >= 15 is 0 Å². The molecule has 1 aliphatic rings. The Morgan fingerprint density at radius 3 is 2.29 bits per heavy atom. The molecule has 0 fully saturated rings. The van der Waals surface area contributed by atoms with Crippen molar-refractivity contribution in [3.63, 3.8) is 0 Å². The van der Waals surface area contributed by atoms with Gasteiger partial charge < -0.3 is 9.80 Å². The molecule has 160 valence electrons. The highest BCUT2D eigenvalue weighted by molar-refractivity contribution is 7.10. The summed E-state index contributed by atoms with van der Waals surface area (Å²) in [6.45, 7) is 6.64. The van der Waals surface area contributed by atoms with Crippen molar-refractivity contribution in [1.82, 2.24) is 9.80 Å². The molecule has 1 atom stereocenters. The monoisotopic (exact) mass is 432 g/mol. The fourth-order valence-electron chi connectivity index (χ4n) is 4.16. The summed E-state index contributed by atoms with van der Waals surface area (Å²) in [5, 5.41) is 2.11. The maximum Gasteiger partial charge on any atom is 0.254 e. The Labute approximate surface area is 188 Å². The second-order valence-corrected chi connectivity index (χ2v) is 9.88. The first-order valence-electron chi connectivity index (χ1n) is 10.6. The van der Waals surface area contributed by atoms with Crippen LogP contribution in [0.15, 0.2) is 72.1 Å². The van der Waals surface area contributed by atoms with Gasteiger partial charge in [0.1, 0.15) is 6.54 Å². The number of benzene rings is 2. The molecule has 0 spiro atoms. The first kappa shape index (κ1) is 21.3. The maximum absolute atomic E-state index is 13.6. The van der Waals surface area contributed by atoms with Crippen LogP contribution in [0, 0.1) is 0 Å². The van der Waals surface area contributed by atoms with Crippen LogP contribution in [-0.2, 0) is 11.2 Å². The van der Waals surface area contributed by atoms with Gasteiger partial charge in [-0.3, -0.25) is 9.59 Å². The average Bonchev–Trinajstić information content (AvgIpc) is 3.25. The van der Waals surface area contributed by atoms with E-state index in [1.54, 1.807) is 28.4 Å². The fraction of sp³-hybridized carbons (Fsp3) is 0.308. The smallest absolute Gasteiger partial charge is 0.254 e. The summed E-state index contributed by atoms with van der Waals surface area (Å²) in [6.07, 6.45) is 0.851. The van der Waals surface area contributed by atoms with E-state index in [1.165, 1.54) is 10.4 Å². The van der Waals surface area contributed by atoms with E-state index in [2.05, 4.69) is 23.6 Å². The van der Waals surface area contributed by atoms with Crippen LogP contribution >= 0.6 is 11.3 Å². The molecule has 4 rings (SSSR count). The largest absolute Gasteiger partial charge is 0.330 e. The molecule has 3 aromatic rings. The van der Waals surface area contributed by atoms with Crippen molar-refractivity contribution in [1.29, 1.82) is 0 Å². The Morgan fingerprint density at radius 2 is 1.65 bits per heavy atom. The highest BCUT2D eigenvalue weighted by Gasteiger charge is 2.36. The first-order chi connectivity index (χ1) is 14.9. The molecule has 4 nitrogen and oxygen atoms in total. The number of hydrogen-bond acceptors (Lipinski definition) is 3. The Bertz CT molecular complexity index is 1050. The van der Waals surface area contributed by atoms with Gasteiger partial charge >= 0.3 is 0 Å². The van der Waals surface area contributed by atoms with E-state index in [0.29, 0.717) is 12.1 Å². The molecule has 1 aromatic heterocycles. The number of amides is 2. The van der Waals surface area contributed by atoms with Crippen LogP contribution in [0.5, 0.6) is 0 Å². The van der Waals surface area contributed by atoms with Crippen LogP contribution in [0.2, 0.25) is 0 Å². The lowest BCUT2D eigenvalue weighted by Crippen LogP contribution is -2.52. The van der Waals surface area contributed by atoms with Crippen molar-refractivity contribution in [2.24, 2.45) is 0 Å². The molecule has 0 radical (unpaired) electrons. The van der Waals surface area contributed by atoms with E-state index in [1.807, 2.05) is 62.1 Å².